The predicted molar refractivity (Wildman–Crippen MR) is 83.7 cm³/mol. The topological polar surface area (TPSA) is 69.6 Å². The quantitative estimate of drug-likeness (QED) is 0.874. The van der Waals surface area contributed by atoms with E-state index < -0.39 is 5.97 Å². The van der Waals surface area contributed by atoms with Crippen LogP contribution in [0.25, 0.3) is 0 Å². The molecule has 1 aromatic carbocycles. The maximum atomic E-state index is 12.1. The van der Waals surface area contributed by atoms with E-state index in [1.807, 2.05) is 31.2 Å². The van der Waals surface area contributed by atoms with E-state index >= 15 is 0 Å². The van der Waals surface area contributed by atoms with Crippen molar-refractivity contribution in [3.8, 4) is 0 Å². The van der Waals surface area contributed by atoms with Crippen LogP contribution in [0.5, 0.6) is 0 Å². The van der Waals surface area contributed by atoms with Gasteiger partial charge in [-0.15, -0.1) is 0 Å². The summed E-state index contributed by atoms with van der Waals surface area (Å²) in [6.07, 6.45) is -0.0514. The Bertz CT molecular complexity index is 489. The smallest absolute Gasteiger partial charge is 0.321 e. The Hall–Kier alpha value is -2.04. The molecule has 2 N–H and O–H groups in total. The fourth-order valence-electron chi connectivity index (χ4n) is 1.89. The van der Waals surface area contributed by atoms with Gasteiger partial charge in [0.05, 0.1) is 6.42 Å². The molecule has 0 spiro atoms. The molecular weight excluding hydrogens is 268 g/mol. The van der Waals surface area contributed by atoms with Crippen LogP contribution < -0.4 is 5.32 Å². The number of amides is 2. The lowest BCUT2D eigenvalue weighted by molar-refractivity contribution is -0.137. The number of carboxylic acids is 1. The van der Waals surface area contributed by atoms with Crippen LogP contribution in [0.2, 0.25) is 0 Å². The van der Waals surface area contributed by atoms with Crippen LogP contribution in [-0.2, 0) is 10.2 Å². The summed E-state index contributed by atoms with van der Waals surface area (Å²) in [5.41, 5.74) is 1.97. The van der Waals surface area contributed by atoms with E-state index in [2.05, 4.69) is 26.1 Å². The molecule has 1 aromatic rings. The van der Waals surface area contributed by atoms with Crippen molar-refractivity contribution >= 4 is 17.7 Å². The van der Waals surface area contributed by atoms with E-state index in [0.29, 0.717) is 12.2 Å². The molecule has 0 fully saturated rings. The van der Waals surface area contributed by atoms with Crippen molar-refractivity contribution < 1.29 is 14.7 Å². The number of nitrogens with zero attached hydrogens (tertiary/aromatic N) is 1. The van der Waals surface area contributed by atoms with Crippen molar-refractivity contribution in [2.45, 2.75) is 39.5 Å². The van der Waals surface area contributed by atoms with Crippen LogP contribution in [0.1, 0.15) is 39.7 Å². The molecule has 5 heteroatoms. The highest BCUT2D eigenvalue weighted by Crippen LogP contribution is 2.23. The molecule has 21 heavy (non-hydrogen) atoms. The highest BCUT2D eigenvalue weighted by atomic mass is 16.4. The number of carbonyl (C=O) groups excluding carboxylic acids is 1. The molecule has 0 radical (unpaired) electrons. The van der Waals surface area contributed by atoms with Gasteiger partial charge < -0.3 is 15.3 Å². The van der Waals surface area contributed by atoms with Gasteiger partial charge in [0.1, 0.15) is 0 Å². The van der Waals surface area contributed by atoms with E-state index in [-0.39, 0.29) is 24.4 Å². The first-order valence-electron chi connectivity index (χ1n) is 7.12. The molecule has 0 aliphatic rings. The summed E-state index contributed by atoms with van der Waals surface area (Å²) in [7, 11) is 0. The monoisotopic (exact) mass is 292 g/mol. The Morgan fingerprint density at radius 2 is 1.76 bits per heavy atom. The Labute approximate surface area is 126 Å². The standard InChI is InChI=1S/C16H24N2O3/c1-5-18(11-10-14(19)20)15(21)17-13-8-6-12(7-9-13)16(2,3)4/h6-9H,5,10-11H2,1-4H3,(H,17,21)(H,19,20). The largest absolute Gasteiger partial charge is 0.481 e. The average Bonchev–Trinajstić information content (AvgIpc) is 2.38. The molecule has 0 unspecified atom stereocenters. The predicted octanol–water partition coefficient (Wildman–Crippen LogP) is 3.31. The number of rotatable bonds is 5. The first-order valence-corrected chi connectivity index (χ1v) is 7.12. The van der Waals surface area contributed by atoms with Crippen molar-refractivity contribution in [2.75, 3.05) is 18.4 Å². The summed E-state index contributed by atoms with van der Waals surface area (Å²) < 4.78 is 0. The molecule has 0 saturated carbocycles. The van der Waals surface area contributed by atoms with Crippen LogP contribution >= 0.6 is 0 Å². The van der Waals surface area contributed by atoms with E-state index in [9.17, 15) is 9.59 Å². The Morgan fingerprint density at radius 1 is 1.19 bits per heavy atom. The van der Waals surface area contributed by atoms with Gasteiger partial charge in [0.15, 0.2) is 0 Å². The number of urea groups is 1. The lowest BCUT2D eigenvalue weighted by Crippen LogP contribution is -2.36. The number of anilines is 1. The Kier molecular flexibility index (Phi) is 5.76. The Balaban J connectivity index is 2.67. The first kappa shape index (κ1) is 17.0. The van der Waals surface area contributed by atoms with Gasteiger partial charge in [-0.3, -0.25) is 4.79 Å². The SMILES string of the molecule is CCN(CCC(=O)O)C(=O)Nc1ccc(C(C)(C)C)cc1. The van der Waals surface area contributed by atoms with Crippen LogP contribution in [0.4, 0.5) is 10.5 Å². The minimum Gasteiger partial charge on any atom is -0.481 e. The maximum absolute atomic E-state index is 12.1. The molecule has 0 aliphatic carbocycles. The van der Waals surface area contributed by atoms with Gasteiger partial charge in [-0.2, -0.15) is 0 Å². The number of aliphatic carboxylic acids is 1. The van der Waals surface area contributed by atoms with Gasteiger partial charge in [0, 0.05) is 18.8 Å². The Morgan fingerprint density at radius 3 is 2.19 bits per heavy atom. The highest BCUT2D eigenvalue weighted by Gasteiger charge is 2.15. The summed E-state index contributed by atoms with van der Waals surface area (Å²) in [6, 6.07) is 7.43. The lowest BCUT2D eigenvalue weighted by Gasteiger charge is -2.22. The molecule has 5 nitrogen and oxygen atoms in total. The van der Waals surface area contributed by atoms with Crippen molar-refractivity contribution in [1.82, 2.24) is 4.90 Å². The number of carboxylic acid groups (broad SMARTS) is 1. The lowest BCUT2D eigenvalue weighted by atomic mass is 9.87. The molecule has 2 amide bonds. The molecule has 0 aromatic heterocycles. The number of hydrogen-bond donors (Lipinski definition) is 2. The van der Waals surface area contributed by atoms with E-state index in [0.717, 1.165) is 0 Å². The maximum Gasteiger partial charge on any atom is 0.321 e. The third kappa shape index (κ3) is 5.45. The molecular formula is C16H24N2O3. The van der Waals surface area contributed by atoms with Crippen molar-refractivity contribution in [2.24, 2.45) is 0 Å². The summed E-state index contributed by atoms with van der Waals surface area (Å²) >= 11 is 0. The van der Waals surface area contributed by atoms with Crippen molar-refractivity contribution in [3.63, 3.8) is 0 Å². The zero-order valence-electron chi connectivity index (χ0n) is 13.1. The van der Waals surface area contributed by atoms with Crippen LogP contribution in [-0.4, -0.2) is 35.1 Å². The molecule has 116 valence electrons. The third-order valence-corrected chi connectivity index (χ3v) is 3.27. The van der Waals surface area contributed by atoms with Crippen LogP contribution in [0.15, 0.2) is 24.3 Å². The molecule has 0 aliphatic heterocycles. The van der Waals surface area contributed by atoms with E-state index in [4.69, 9.17) is 5.11 Å². The zero-order valence-corrected chi connectivity index (χ0v) is 13.1. The van der Waals surface area contributed by atoms with Gasteiger partial charge in [0.25, 0.3) is 0 Å². The first-order chi connectivity index (χ1) is 9.74. The van der Waals surface area contributed by atoms with Crippen LogP contribution in [0.3, 0.4) is 0 Å². The highest BCUT2D eigenvalue weighted by molar-refractivity contribution is 5.89. The molecule has 0 bridgehead atoms. The normalized spacial score (nSPS) is 11.0. The second kappa shape index (κ2) is 7.11. The number of nitrogens with one attached hydrogen (secondary N) is 1. The minimum atomic E-state index is -0.907. The number of benzene rings is 1. The van der Waals surface area contributed by atoms with Gasteiger partial charge in [0.2, 0.25) is 0 Å². The molecule has 0 atom stereocenters. The fraction of sp³-hybridized carbons (Fsp3) is 0.500. The summed E-state index contributed by atoms with van der Waals surface area (Å²) in [5, 5.41) is 11.5. The van der Waals surface area contributed by atoms with Gasteiger partial charge in [-0.05, 0) is 30.0 Å². The number of hydrogen-bond acceptors (Lipinski definition) is 2. The molecule has 0 saturated heterocycles. The second-order valence-corrected chi connectivity index (χ2v) is 5.98. The molecule has 1 rings (SSSR count). The summed E-state index contributed by atoms with van der Waals surface area (Å²) in [6.45, 7) is 8.89. The van der Waals surface area contributed by atoms with Crippen molar-refractivity contribution in [1.29, 1.82) is 0 Å². The van der Waals surface area contributed by atoms with E-state index in [1.165, 1.54) is 10.5 Å². The fourth-order valence-corrected chi connectivity index (χ4v) is 1.89. The number of carbonyl (C=O) groups is 2. The van der Waals surface area contributed by atoms with Crippen LogP contribution in [0, 0.1) is 0 Å². The van der Waals surface area contributed by atoms with Gasteiger partial charge in [-0.25, -0.2) is 4.79 Å². The second-order valence-electron chi connectivity index (χ2n) is 5.98. The van der Waals surface area contributed by atoms with Gasteiger partial charge >= 0.3 is 12.0 Å². The third-order valence-electron chi connectivity index (χ3n) is 3.27. The summed E-state index contributed by atoms with van der Waals surface area (Å²) in [4.78, 5) is 24.1. The molecule has 0 heterocycles. The van der Waals surface area contributed by atoms with Crippen molar-refractivity contribution in [3.05, 3.63) is 29.8 Å². The summed E-state index contributed by atoms with van der Waals surface area (Å²) in [5.74, 6) is -0.907. The zero-order chi connectivity index (χ0) is 16.0. The van der Waals surface area contributed by atoms with Gasteiger partial charge in [-0.1, -0.05) is 32.9 Å². The van der Waals surface area contributed by atoms with E-state index in [1.54, 1.807) is 0 Å². The average molecular weight is 292 g/mol. The minimum absolute atomic E-state index is 0.0514.